The van der Waals surface area contributed by atoms with E-state index in [-0.39, 0.29) is 56.5 Å². The van der Waals surface area contributed by atoms with Gasteiger partial charge in [-0.1, -0.05) is 56.0 Å². The lowest BCUT2D eigenvalue weighted by atomic mass is 9.98. The molecule has 0 amide bonds. The van der Waals surface area contributed by atoms with Crippen molar-refractivity contribution in [3.05, 3.63) is 109 Å². The van der Waals surface area contributed by atoms with Crippen LogP contribution in [-0.4, -0.2) is 69.5 Å². The van der Waals surface area contributed by atoms with Gasteiger partial charge in [0.1, 0.15) is 36.6 Å². The highest BCUT2D eigenvalue weighted by Gasteiger charge is 2.20. The fourth-order valence-electron chi connectivity index (χ4n) is 5.34. The summed E-state index contributed by atoms with van der Waals surface area (Å²) in [6, 6.07) is 21.6. The van der Waals surface area contributed by atoms with Gasteiger partial charge in [-0.2, -0.15) is 0 Å². The van der Waals surface area contributed by atoms with E-state index in [1.54, 1.807) is 30.3 Å². The molecule has 290 valence electrons. The third kappa shape index (κ3) is 15.0. The first-order valence-electron chi connectivity index (χ1n) is 18.0. The molecule has 0 saturated heterocycles. The summed E-state index contributed by atoms with van der Waals surface area (Å²) >= 11 is 0. The molecule has 0 aromatic heterocycles. The highest BCUT2D eigenvalue weighted by atomic mass is 16.6. The smallest absolute Gasteiger partial charge is 0.336 e. The lowest BCUT2D eigenvalue weighted by Gasteiger charge is -2.21. The fraction of sp³-hybridized carbons (Fsp3) is 0.326. The van der Waals surface area contributed by atoms with E-state index < -0.39 is 29.8 Å². The topological polar surface area (TPSA) is 150 Å². The molecule has 12 heteroatoms. The summed E-state index contributed by atoms with van der Waals surface area (Å²) < 4.78 is 36.9. The molecule has 0 radical (unpaired) electrons. The van der Waals surface area contributed by atoms with Gasteiger partial charge in [0.2, 0.25) is 0 Å². The molecule has 3 aromatic rings. The monoisotopic (exact) mass is 754 g/mol. The minimum atomic E-state index is -0.663. The Hall–Kier alpha value is -6.17. The minimum Gasteiger partial charge on any atom is -0.493 e. The van der Waals surface area contributed by atoms with Gasteiger partial charge in [0.25, 0.3) is 0 Å². The Kier molecular flexibility index (Phi) is 16.7. The highest BCUT2D eigenvalue weighted by molar-refractivity contribution is 5.94. The van der Waals surface area contributed by atoms with Crippen LogP contribution < -0.4 is 14.2 Å². The van der Waals surface area contributed by atoms with Crippen LogP contribution in [-0.2, 0) is 42.9 Å². The van der Waals surface area contributed by atoms with Gasteiger partial charge in [-0.25, -0.2) is 14.4 Å². The van der Waals surface area contributed by atoms with Crippen molar-refractivity contribution in [1.29, 1.82) is 0 Å². The molecular formula is C43H46O12. The first kappa shape index (κ1) is 41.6. The number of benzene rings is 3. The molecule has 0 unspecified atom stereocenters. The average molecular weight is 755 g/mol. The predicted octanol–water partition coefficient (Wildman–Crippen LogP) is 7.15. The van der Waals surface area contributed by atoms with Gasteiger partial charge in [0, 0.05) is 23.6 Å². The van der Waals surface area contributed by atoms with Crippen LogP contribution in [0.25, 0.3) is 17.2 Å². The number of carbonyl (C=O) groups is 5. The molecule has 1 aliphatic carbocycles. The summed E-state index contributed by atoms with van der Waals surface area (Å²) in [5.41, 5.74) is 2.80. The maximum absolute atomic E-state index is 12.4. The number of esters is 5. The highest BCUT2D eigenvalue weighted by Crippen LogP contribution is 2.24. The van der Waals surface area contributed by atoms with Crippen LogP contribution in [0.15, 0.2) is 103 Å². The molecule has 0 heterocycles. The summed E-state index contributed by atoms with van der Waals surface area (Å²) in [5.74, 6) is -1.38. The quantitative estimate of drug-likeness (QED) is 0.0379. The molecule has 1 aliphatic rings. The molecule has 0 N–H and O–H groups in total. The SMILES string of the molecule is C=C(CC(=O)OC)C(=O)OCCCOc1ccc(OC(=O)/C=C/c2ccc(-c3ccc(OCCOC(=O)C(=C)CC(=O)OC4CCCCC4)cc3)cc2)cc1. The van der Waals surface area contributed by atoms with Crippen molar-refractivity contribution in [2.24, 2.45) is 0 Å². The Balaban J connectivity index is 1.10. The molecule has 0 bridgehead atoms. The van der Waals surface area contributed by atoms with E-state index >= 15 is 0 Å². The van der Waals surface area contributed by atoms with Crippen LogP contribution in [0.1, 0.15) is 56.9 Å². The van der Waals surface area contributed by atoms with E-state index in [9.17, 15) is 24.0 Å². The maximum atomic E-state index is 12.4. The summed E-state index contributed by atoms with van der Waals surface area (Å²) in [6.45, 7) is 7.69. The Labute approximate surface area is 320 Å². The van der Waals surface area contributed by atoms with Crippen LogP contribution >= 0.6 is 0 Å². The lowest BCUT2D eigenvalue weighted by molar-refractivity contribution is -0.151. The van der Waals surface area contributed by atoms with Gasteiger partial charge < -0.3 is 33.2 Å². The Morgan fingerprint density at radius 1 is 0.636 bits per heavy atom. The van der Waals surface area contributed by atoms with Gasteiger partial charge in [0.15, 0.2) is 0 Å². The van der Waals surface area contributed by atoms with Gasteiger partial charge >= 0.3 is 29.8 Å². The van der Waals surface area contributed by atoms with Crippen LogP contribution in [0.2, 0.25) is 0 Å². The molecule has 0 atom stereocenters. The normalized spacial score (nSPS) is 12.6. The molecule has 12 nitrogen and oxygen atoms in total. The fourth-order valence-corrected chi connectivity index (χ4v) is 5.34. The summed E-state index contributed by atoms with van der Waals surface area (Å²) in [7, 11) is 1.23. The molecule has 55 heavy (non-hydrogen) atoms. The number of ether oxygens (including phenoxy) is 7. The Morgan fingerprint density at radius 2 is 1.16 bits per heavy atom. The van der Waals surface area contributed by atoms with Gasteiger partial charge in [-0.05, 0) is 84.8 Å². The van der Waals surface area contributed by atoms with Crippen molar-refractivity contribution in [3.63, 3.8) is 0 Å². The van der Waals surface area contributed by atoms with Crippen LogP contribution in [0.5, 0.6) is 17.2 Å². The number of rotatable bonds is 20. The van der Waals surface area contributed by atoms with Crippen molar-refractivity contribution >= 4 is 35.9 Å². The largest absolute Gasteiger partial charge is 0.493 e. The summed E-state index contributed by atoms with van der Waals surface area (Å²) in [5, 5.41) is 0. The van der Waals surface area contributed by atoms with Crippen LogP contribution in [0.3, 0.4) is 0 Å². The minimum absolute atomic E-state index is 0.00494. The predicted molar refractivity (Wildman–Crippen MR) is 203 cm³/mol. The molecule has 4 rings (SSSR count). The second-order valence-electron chi connectivity index (χ2n) is 12.6. The van der Waals surface area contributed by atoms with Crippen molar-refractivity contribution < 1.29 is 57.1 Å². The number of hydrogen-bond acceptors (Lipinski definition) is 12. The second-order valence-corrected chi connectivity index (χ2v) is 12.6. The van der Waals surface area contributed by atoms with Crippen molar-refractivity contribution in [3.8, 4) is 28.4 Å². The molecule has 1 fully saturated rings. The summed E-state index contributed by atoms with van der Waals surface area (Å²) in [4.78, 5) is 59.8. The zero-order valence-corrected chi connectivity index (χ0v) is 31.0. The number of methoxy groups -OCH3 is 1. The lowest BCUT2D eigenvalue weighted by Crippen LogP contribution is -2.22. The van der Waals surface area contributed by atoms with E-state index in [0.29, 0.717) is 23.7 Å². The van der Waals surface area contributed by atoms with E-state index in [1.165, 1.54) is 13.2 Å². The van der Waals surface area contributed by atoms with Crippen LogP contribution in [0.4, 0.5) is 0 Å². The van der Waals surface area contributed by atoms with Crippen molar-refractivity contribution in [2.45, 2.75) is 57.5 Å². The van der Waals surface area contributed by atoms with E-state index in [0.717, 1.165) is 48.8 Å². The first-order valence-corrected chi connectivity index (χ1v) is 18.0. The molecule has 3 aromatic carbocycles. The van der Waals surface area contributed by atoms with E-state index in [2.05, 4.69) is 17.9 Å². The van der Waals surface area contributed by atoms with Gasteiger partial charge in [0.05, 0.1) is 33.2 Å². The van der Waals surface area contributed by atoms with Gasteiger partial charge in [-0.15, -0.1) is 0 Å². The second kappa shape index (κ2) is 22.1. The van der Waals surface area contributed by atoms with Crippen molar-refractivity contribution in [1.82, 2.24) is 0 Å². The van der Waals surface area contributed by atoms with E-state index in [1.807, 2.05) is 48.5 Å². The van der Waals surface area contributed by atoms with E-state index in [4.69, 9.17) is 28.4 Å². The molecular weight excluding hydrogens is 708 g/mol. The zero-order valence-electron chi connectivity index (χ0n) is 31.0. The third-order valence-corrected chi connectivity index (χ3v) is 8.30. The van der Waals surface area contributed by atoms with Crippen LogP contribution in [0, 0.1) is 0 Å². The zero-order chi connectivity index (χ0) is 39.4. The maximum Gasteiger partial charge on any atom is 0.336 e. The number of hydrogen-bond donors (Lipinski definition) is 0. The average Bonchev–Trinajstić information content (AvgIpc) is 3.19. The first-order chi connectivity index (χ1) is 26.6. The standard InChI is InChI=1S/C43H46O12/c1-30(28-40(45)49-3)42(47)52-25-7-24-50-36-19-21-38(22-20-36)54-39(44)23-12-32-10-13-33(14-11-32)34-15-17-35(18-16-34)51-26-27-53-43(48)31(2)29-41(46)55-37-8-5-4-6-9-37/h10-23,37H,1-2,4-9,24-29H2,3H3/b23-12+. The Morgan fingerprint density at radius 3 is 1.78 bits per heavy atom. The molecule has 0 aliphatic heterocycles. The number of carbonyl (C=O) groups excluding carboxylic acids is 5. The molecule has 1 saturated carbocycles. The third-order valence-electron chi connectivity index (χ3n) is 8.30. The molecule has 0 spiro atoms. The summed E-state index contributed by atoms with van der Waals surface area (Å²) in [6.07, 6.45) is 7.88. The Bertz CT molecular complexity index is 1800. The van der Waals surface area contributed by atoms with Gasteiger partial charge in [-0.3, -0.25) is 9.59 Å². The van der Waals surface area contributed by atoms with Crippen molar-refractivity contribution in [2.75, 3.05) is 33.5 Å².